The zero-order valence-corrected chi connectivity index (χ0v) is 22.0. The van der Waals surface area contributed by atoms with Gasteiger partial charge in [0.15, 0.2) is 11.5 Å². The monoisotopic (exact) mass is 505 g/mol. The van der Waals surface area contributed by atoms with Crippen LogP contribution in [-0.2, 0) is 0 Å². The molecule has 0 saturated carbocycles. The second-order valence-corrected chi connectivity index (χ2v) is 9.84. The van der Waals surface area contributed by atoms with Gasteiger partial charge in [-0.1, -0.05) is 12.1 Å². The summed E-state index contributed by atoms with van der Waals surface area (Å²) in [5, 5.41) is 13.5. The van der Waals surface area contributed by atoms with Crippen LogP contribution in [0.2, 0.25) is 0 Å². The van der Waals surface area contributed by atoms with E-state index in [9.17, 15) is 9.90 Å². The summed E-state index contributed by atoms with van der Waals surface area (Å²) in [6.07, 6.45) is -0.659. The molecule has 1 amide bonds. The van der Waals surface area contributed by atoms with Gasteiger partial charge >= 0.3 is 0 Å². The maximum atomic E-state index is 12.9. The summed E-state index contributed by atoms with van der Waals surface area (Å²) in [6, 6.07) is 12.1. The van der Waals surface area contributed by atoms with E-state index in [1.165, 1.54) is 16.8 Å². The molecule has 3 aromatic rings. The molecule has 5 rings (SSSR count). The van der Waals surface area contributed by atoms with E-state index in [0.717, 1.165) is 37.6 Å². The number of hydrogen-bond donors (Lipinski definition) is 2. The van der Waals surface area contributed by atoms with Gasteiger partial charge in [-0.25, -0.2) is 4.98 Å². The Morgan fingerprint density at radius 1 is 1.05 bits per heavy atom. The predicted molar refractivity (Wildman–Crippen MR) is 142 cm³/mol. The highest BCUT2D eigenvalue weighted by Gasteiger charge is 2.23. The quantitative estimate of drug-likeness (QED) is 0.510. The first-order chi connectivity index (χ1) is 17.8. The third-order valence-corrected chi connectivity index (χ3v) is 7.36. The topological polar surface area (TPSA) is 92.1 Å². The molecule has 1 atom stereocenters. The molecule has 0 aliphatic carbocycles. The molecule has 1 aromatic heterocycles. The van der Waals surface area contributed by atoms with Gasteiger partial charge in [0.25, 0.3) is 5.91 Å². The highest BCUT2D eigenvalue weighted by molar-refractivity contribution is 5.93. The molecule has 9 nitrogen and oxygen atoms in total. The number of aliphatic hydroxyl groups is 1. The maximum Gasteiger partial charge on any atom is 0.271 e. The molecular weight excluding hydrogens is 470 g/mol. The molecule has 0 radical (unpaired) electrons. The molecule has 1 unspecified atom stereocenters. The van der Waals surface area contributed by atoms with E-state index in [0.29, 0.717) is 29.6 Å². The SMILES string of the molecule is Cc1cccc(N2CCN(CC(O)CNC(=O)c3nc(C)n(-c4ccc5c(c4)OCO5)c3C)CC2)c1C. The maximum absolute atomic E-state index is 12.9. The van der Waals surface area contributed by atoms with Crippen LogP contribution in [0.3, 0.4) is 0 Å². The molecule has 37 heavy (non-hydrogen) atoms. The molecule has 196 valence electrons. The first kappa shape index (κ1) is 25.1. The van der Waals surface area contributed by atoms with E-state index in [1.54, 1.807) is 0 Å². The highest BCUT2D eigenvalue weighted by atomic mass is 16.7. The Morgan fingerprint density at radius 3 is 2.59 bits per heavy atom. The number of β-amino-alcohol motifs (C(OH)–C–C–N with tert-alkyl or cyclic N) is 1. The summed E-state index contributed by atoms with van der Waals surface area (Å²) in [6.45, 7) is 12.5. The molecule has 2 aromatic carbocycles. The number of imidazole rings is 1. The van der Waals surface area contributed by atoms with E-state index in [1.807, 2.05) is 36.6 Å². The number of benzene rings is 2. The van der Waals surface area contributed by atoms with Crippen molar-refractivity contribution in [1.82, 2.24) is 19.8 Å². The normalized spacial score (nSPS) is 16.2. The Balaban J connectivity index is 1.14. The molecule has 0 spiro atoms. The van der Waals surface area contributed by atoms with Crippen molar-refractivity contribution in [2.75, 3.05) is 51.0 Å². The van der Waals surface area contributed by atoms with Crippen molar-refractivity contribution in [3.63, 3.8) is 0 Å². The van der Waals surface area contributed by atoms with Gasteiger partial charge in [0.1, 0.15) is 11.5 Å². The summed E-state index contributed by atoms with van der Waals surface area (Å²) >= 11 is 0. The summed E-state index contributed by atoms with van der Waals surface area (Å²) in [5.41, 5.74) is 5.85. The van der Waals surface area contributed by atoms with Crippen LogP contribution in [0.25, 0.3) is 5.69 Å². The number of carbonyl (C=O) groups is 1. The highest BCUT2D eigenvalue weighted by Crippen LogP contribution is 2.34. The van der Waals surface area contributed by atoms with Crippen LogP contribution in [0.15, 0.2) is 36.4 Å². The number of amides is 1. The fourth-order valence-corrected chi connectivity index (χ4v) is 5.17. The van der Waals surface area contributed by atoms with Crippen molar-refractivity contribution in [2.24, 2.45) is 0 Å². The fourth-order valence-electron chi connectivity index (χ4n) is 5.17. The lowest BCUT2D eigenvalue weighted by molar-refractivity contribution is 0.0847. The number of aryl methyl sites for hydroxylation is 2. The summed E-state index contributed by atoms with van der Waals surface area (Å²) in [4.78, 5) is 22.1. The van der Waals surface area contributed by atoms with Crippen LogP contribution >= 0.6 is 0 Å². The van der Waals surface area contributed by atoms with Gasteiger partial charge < -0.3 is 29.4 Å². The van der Waals surface area contributed by atoms with E-state index < -0.39 is 6.10 Å². The van der Waals surface area contributed by atoms with Gasteiger partial charge in [-0.2, -0.15) is 0 Å². The van der Waals surface area contributed by atoms with Gasteiger partial charge in [-0.3, -0.25) is 9.69 Å². The second kappa shape index (κ2) is 10.4. The number of anilines is 1. The molecule has 9 heteroatoms. The number of carbonyl (C=O) groups excluding carboxylic acids is 1. The second-order valence-electron chi connectivity index (χ2n) is 9.84. The van der Waals surface area contributed by atoms with E-state index in [4.69, 9.17) is 9.47 Å². The van der Waals surface area contributed by atoms with Gasteiger partial charge in [-0.05, 0) is 57.0 Å². The Morgan fingerprint density at radius 2 is 1.81 bits per heavy atom. The number of fused-ring (bicyclic) bond motifs is 1. The molecule has 2 N–H and O–H groups in total. The molecule has 3 heterocycles. The summed E-state index contributed by atoms with van der Waals surface area (Å²) in [7, 11) is 0. The first-order valence-electron chi connectivity index (χ1n) is 12.8. The minimum Gasteiger partial charge on any atom is -0.454 e. The van der Waals surface area contributed by atoms with Gasteiger partial charge in [-0.15, -0.1) is 0 Å². The molecular formula is C28H35N5O4. The Labute approximate surface area is 217 Å². The Bertz CT molecular complexity index is 1300. The molecule has 1 saturated heterocycles. The fraction of sp³-hybridized carbons (Fsp3) is 0.429. The average Bonchev–Trinajstić information content (AvgIpc) is 3.48. The largest absolute Gasteiger partial charge is 0.454 e. The minimum absolute atomic E-state index is 0.172. The van der Waals surface area contributed by atoms with Crippen LogP contribution < -0.4 is 19.7 Å². The number of nitrogens with one attached hydrogen (secondary N) is 1. The Kier molecular flexibility index (Phi) is 7.08. The molecule has 2 aliphatic heterocycles. The number of nitrogens with zero attached hydrogens (tertiary/aromatic N) is 4. The van der Waals surface area contributed by atoms with Gasteiger partial charge in [0.2, 0.25) is 6.79 Å². The van der Waals surface area contributed by atoms with Crippen LogP contribution in [0, 0.1) is 27.7 Å². The minimum atomic E-state index is -0.659. The van der Waals surface area contributed by atoms with Gasteiger partial charge in [0.05, 0.1) is 17.5 Å². The van der Waals surface area contributed by atoms with E-state index >= 15 is 0 Å². The number of piperazine rings is 1. The third kappa shape index (κ3) is 5.14. The predicted octanol–water partition coefficient (Wildman–Crippen LogP) is 2.75. The Hall–Kier alpha value is -3.56. The van der Waals surface area contributed by atoms with Crippen LogP contribution in [0.4, 0.5) is 5.69 Å². The molecule has 1 fully saturated rings. The van der Waals surface area contributed by atoms with Crippen molar-refractivity contribution in [2.45, 2.75) is 33.8 Å². The van der Waals surface area contributed by atoms with Crippen molar-refractivity contribution in [3.05, 3.63) is 64.7 Å². The van der Waals surface area contributed by atoms with Crippen molar-refractivity contribution < 1.29 is 19.4 Å². The van der Waals surface area contributed by atoms with E-state index in [-0.39, 0.29) is 19.2 Å². The zero-order chi connectivity index (χ0) is 26.1. The van der Waals surface area contributed by atoms with Gasteiger partial charge in [0, 0.05) is 51.0 Å². The lowest BCUT2D eigenvalue weighted by Crippen LogP contribution is -2.50. The van der Waals surface area contributed by atoms with Crippen molar-refractivity contribution in [3.8, 4) is 17.2 Å². The van der Waals surface area contributed by atoms with Crippen molar-refractivity contribution >= 4 is 11.6 Å². The lowest BCUT2D eigenvalue weighted by atomic mass is 10.1. The standard InChI is InChI=1S/C28H35N5O4/c1-18-6-5-7-24(19(18)2)32-12-10-31(11-13-32)16-23(34)15-29-28(35)27-20(3)33(21(4)30-27)22-8-9-25-26(14-22)37-17-36-25/h5-9,14,23,34H,10-13,15-17H2,1-4H3,(H,29,35). The van der Waals surface area contributed by atoms with Crippen LogP contribution in [0.5, 0.6) is 11.5 Å². The van der Waals surface area contributed by atoms with Crippen LogP contribution in [0.1, 0.15) is 33.1 Å². The lowest BCUT2D eigenvalue weighted by Gasteiger charge is -2.37. The number of rotatable bonds is 7. The smallest absolute Gasteiger partial charge is 0.271 e. The average molecular weight is 506 g/mol. The molecule has 0 bridgehead atoms. The first-order valence-corrected chi connectivity index (χ1v) is 12.8. The number of aliphatic hydroxyl groups excluding tert-OH is 1. The zero-order valence-electron chi connectivity index (χ0n) is 22.0. The summed E-state index contributed by atoms with van der Waals surface area (Å²) in [5.74, 6) is 1.79. The number of aromatic nitrogens is 2. The van der Waals surface area contributed by atoms with Crippen molar-refractivity contribution in [1.29, 1.82) is 0 Å². The number of ether oxygens (including phenoxy) is 2. The molecule has 2 aliphatic rings. The van der Waals surface area contributed by atoms with Crippen LogP contribution in [-0.4, -0.2) is 77.6 Å². The number of hydrogen-bond acceptors (Lipinski definition) is 7. The third-order valence-electron chi connectivity index (χ3n) is 7.36. The van der Waals surface area contributed by atoms with E-state index in [2.05, 4.69) is 52.1 Å². The summed E-state index contributed by atoms with van der Waals surface area (Å²) < 4.78 is 12.8.